The molecule has 1 rings (SSSR count). The maximum atomic E-state index is 12.0. The fraction of sp³-hybridized carbons (Fsp3) is 0.438. The van der Waals surface area contributed by atoms with Gasteiger partial charge in [-0.1, -0.05) is 20.8 Å². The van der Waals surface area contributed by atoms with Crippen LogP contribution >= 0.6 is 0 Å². The summed E-state index contributed by atoms with van der Waals surface area (Å²) < 4.78 is 9.28. The van der Waals surface area contributed by atoms with Gasteiger partial charge in [-0.2, -0.15) is 0 Å². The maximum absolute atomic E-state index is 12.0. The fourth-order valence-corrected chi connectivity index (χ4v) is 1.86. The highest BCUT2D eigenvalue weighted by Crippen LogP contribution is 2.21. The van der Waals surface area contributed by atoms with Gasteiger partial charge in [0.15, 0.2) is 0 Å². The van der Waals surface area contributed by atoms with E-state index < -0.39 is 11.9 Å². The van der Waals surface area contributed by atoms with Gasteiger partial charge in [0.25, 0.3) is 0 Å². The molecular formula is C16H21NO5. The summed E-state index contributed by atoms with van der Waals surface area (Å²) in [7, 11) is 2.48. The van der Waals surface area contributed by atoms with Crippen molar-refractivity contribution in [1.82, 2.24) is 0 Å². The minimum absolute atomic E-state index is 0.163. The average Bonchev–Trinajstić information content (AvgIpc) is 2.42. The van der Waals surface area contributed by atoms with Crippen LogP contribution in [-0.2, 0) is 14.3 Å². The maximum Gasteiger partial charge on any atom is 0.337 e. The van der Waals surface area contributed by atoms with Crippen LogP contribution in [0.4, 0.5) is 5.69 Å². The Bertz CT molecular complexity index is 552. The quantitative estimate of drug-likeness (QED) is 0.865. The number of ether oxygens (including phenoxy) is 2. The van der Waals surface area contributed by atoms with Gasteiger partial charge in [-0.3, -0.25) is 4.79 Å². The van der Waals surface area contributed by atoms with Crippen LogP contribution in [-0.4, -0.2) is 32.1 Å². The predicted octanol–water partition coefficient (Wildman–Crippen LogP) is 2.63. The Morgan fingerprint density at radius 3 is 1.77 bits per heavy atom. The number of carbonyl (C=O) groups is 3. The van der Waals surface area contributed by atoms with E-state index in [0.29, 0.717) is 12.1 Å². The number of esters is 2. The van der Waals surface area contributed by atoms with E-state index in [0.717, 1.165) is 0 Å². The lowest BCUT2D eigenvalue weighted by atomic mass is 9.92. The van der Waals surface area contributed by atoms with Crippen LogP contribution in [0.25, 0.3) is 0 Å². The van der Waals surface area contributed by atoms with Gasteiger partial charge in [-0.25, -0.2) is 9.59 Å². The summed E-state index contributed by atoms with van der Waals surface area (Å²) in [5, 5.41) is 2.68. The summed E-state index contributed by atoms with van der Waals surface area (Å²) in [6, 6.07) is 4.27. The van der Waals surface area contributed by atoms with Crippen molar-refractivity contribution in [3.05, 3.63) is 29.3 Å². The van der Waals surface area contributed by atoms with E-state index in [1.165, 1.54) is 32.4 Å². The summed E-state index contributed by atoms with van der Waals surface area (Å²) in [6.45, 7) is 5.83. The molecule has 22 heavy (non-hydrogen) atoms. The van der Waals surface area contributed by atoms with Crippen LogP contribution < -0.4 is 5.32 Å². The van der Waals surface area contributed by atoms with Crippen LogP contribution in [0.15, 0.2) is 18.2 Å². The minimum Gasteiger partial charge on any atom is -0.465 e. The monoisotopic (exact) mass is 307 g/mol. The van der Waals surface area contributed by atoms with E-state index in [2.05, 4.69) is 14.8 Å². The van der Waals surface area contributed by atoms with Gasteiger partial charge in [-0.05, 0) is 23.6 Å². The van der Waals surface area contributed by atoms with Crippen LogP contribution in [0.5, 0.6) is 0 Å². The van der Waals surface area contributed by atoms with Gasteiger partial charge in [-0.15, -0.1) is 0 Å². The second kappa shape index (κ2) is 7.06. The molecule has 6 nitrogen and oxygen atoms in total. The molecule has 0 atom stereocenters. The van der Waals surface area contributed by atoms with Crippen molar-refractivity contribution in [3.63, 3.8) is 0 Å². The number of nitrogens with one attached hydrogen (secondary N) is 1. The van der Waals surface area contributed by atoms with E-state index in [1.807, 2.05) is 20.8 Å². The Hall–Kier alpha value is -2.37. The number of anilines is 1. The molecule has 0 heterocycles. The Labute approximate surface area is 129 Å². The third-order valence-electron chi connectivity index (χ3n) is 2.75. The molecule has 6 heteroatoms. The Morgan fingerprint density at radius 1 is 0.955 bits per heavy atom. The van der Waals surface area contributed by atoms with Crippen molar-refractivity contribution in [2.24, 2.45) is 5.41 Å². The number of hydrogen-bond donors (Lipinski definition) is 1. The number of benzene rings is 1. The van der Waals surface area contributed by atoms with Crippen molar-refractivity contribution >= 4 is 23.5 Å². The SMILES string of the molecule is COC(=O)c1cc(NC(=O)CC(C)(C)C)cc(C(=O)OC)c1. The third-order valence-corrected chi connectivity index (χ3v) is 2.75. The van der Waals surface area contributed by atoms with Gasteiger partial charge in [0.2, 0.25) is 5.91 Å². The molecular weight excluding hydrogens is 286 g/mol. The fourth-order valence-electron chi connectivity index (χ4n) is 1.86. The Balaban J connectivity index is 3.10. The molecule has 0 aliphatic carbocycles. The zero-order chi connectivity index (χ0) is 16.9. The van der Waals surface area contributed by atoms with Crippen molar-refractivity contribution in [2.75, 3.05) is 19.5 Å². The molecule has 1 aromatic carbocycles. The van der Waals surface area contributed by atoms with Gasteiger partial charge in [0, 0.05) is 12.1 Å². The molecule has 0 aromatic heterocycles. The van der Waals surface area contributed by atoms with Crippen molar-refractivity contribution in [3.8, 4) is 0 Å². The van der Waals surface area contributed by atoms with Crippen LogP contribution in [0.1, 0.15) is 47.9 Å². The summed E-state index contributed by atoms with van der Waals surface area (Å²) in [5.74, 6) is -1.40. The molecule has 0 aliphatic rings. The first-order valence-corrected chi connectivity index (χ1v) is 6.78. The molecule has 0 bridgehead atoms. The van der Waals surface area contributed by atoms with E-state index in [-0.39, 0.29) is 22.4 Å². The lowest BCUT2D eigenvalue weighted by Crippen LogP contribution is -2.20. The highest BCUT2D eigenvalue weighted by molar-refractivity contribution is 5.99. The summed E-state index contributed by atoms with van der Waals surface area (Å²) in [6.07, 6.45) is 0.309. The normalized spacial score (nSPS) is 10.8. The molecule has 0 radical (unpaired) electrons. The highest BCUT2D eigenvalue weighted by Gasteiger charge is 2.18. The van der Waals surface area contributed by atoms with E-state index in [9.17, 15) is 14.4 Å². The number of carbonyl (C=O) groups excluding carboxylic acids is 3. The third kappa shape index (κ3) is 5.20. The largest absolute Gasteiger partial charge is 0.465 e. The van der Waals surface area contributed by atoms with Gasteiger partial charge >= 0.3 is 11.9 Å². The molecule has 0 fully saturated rings. The topological polar surface area (TPSA) is 81.7 Å². The minimum atomic E-state index is -0.600. The lowest BCUT2D eigenvalue weighted by molar-refractivity contribution is -0.117. The molecule has 120 valence electrons. The molecule has 0 saturated heterocycles. The Kier molecular flexibility index (Phi) is 5.68. The molecule has 0 saturated carbocycles. The van der Waals surface area contributed by atoms with E-state index in [1.54, 1.807) is 0 Å². The molecule has 1 N–H and O–H groups in total. The van der Waals surface area contributed by atoms with Gasteiger partial charge in [0.05, 0.1) is 25.3 Å². The van der Waals surface area contributed by atoms with E-state index >= 15 is 0 Å². The van der Waals surface area contributed by atoms with Crippen LogP contribution in [0.2, 0.25) is 0 Å². The van der Waals surface area contributed by atoms with Crippen molar-refractivity contribution in [2.45, 2.75) is 27.2 Å². The highest BCUT2D eigenvalue weighted by atomic mass is 16.5. The zero-order valence-corrected chi connectivity index (χ0v) is 13.5. The zero-order valence-electron chi connectivity index (χ0n) is 13.5. The molecule has 1 aromatic rings. The standard InChI is InChI=1S/C16H21NO5/c1-16(2,3)9-13(18)17-12-7-10(14(19)21-4)6-11(8-12)15(20)22-5/h6-8H,9H2,1-5H3,(H,17,18). The predicted molar refractivity (Wildman–Crippen MR) is 81.8 cm³/mol. The molecule has 0 aliphatic heterocycles. The smallest absolute Gasteiger partial charge is 0.337 e. The number of rotatable bonds is 4. The number of methoxy groups -OCH3 is 2. The summed E-state index contributed by atoms with van der Waals surface area (Å²) in [5.41, 5.74) is 0.500. The molecule has 1 amide bonds. The van der Waals surface area contributed by atoms with Gasteiger partial charge in [0.1, 0.15) is 0 Å². The first-order chi connectivity index (χ1) is 10.2. The first kappa shape index (κ1) is 17.7. The second-order valence-electron chi connectivity index (χ2n) is 6.07. The first-order valence-electron chi connectivity index (χ1n) is 6.78. The number of amides is 1. The van der Waals surface area contributed by atoms with Gasteiger partial charge < -0.3 is 14.8 Å². The molecule has 0 unspecified atom stereocenters. The molecule has 0 spiro atoms. The number of hydrogen-bond acceptors (Lipinski definition) is 5. The average molecular weight is 307 g/mol. The second-order valence-corrected chi connectivity index (χ2v) is 6.07. The summed E-state index contributed by atoms with van der Waals surface area (Å²) in [4.78, 5) is 35.3. The van der Waals surface area contributed by atoms with Crippen LogP contribution in [0, 0.1) is 5.41 Å². The summed E-state index contributed by atoms with van der Waals surface area (Å²) >= 11 is 0. The van der Waals surface area contributed by atoms with E-state index in [4.69, 9.17) is 0 Å². The van der Waals surface area contributed by atoms with Crippen molar-refractivity contribution in [1.29, 1.82) is 0 Å². The van der Waals surface area contributed by atoms with Crippen LogP contribution in [0.3, 0.4) is 0 Å². The Morgan fingerprint density at radius 2 is 1.41 bits per heavy atom. The van der Waals surface area contributed by atoms with Crippen molar-refractivity contribution < 1.29 is 23.9 Å². The lowest BCUT2D eigenvalue weighted by Gasteiger charge is -2.17.